The SMILES string of the molecule is Cc1ccc(NC(=O)C[NH+](C)CC(=O)Nc2cccc(F)c2)c(F)c1. The lowest BCUT2D eigenvalue weighted by Gasteiger charge is -2.14. The van der Waals surface area contributed by atoms with Gasteiger partial charge in [-0.1, -0.05) is 12.1 Å². The Morgan fingerprint density at radius 1 is 1.00 bits per heavy atom. The normalized spacial score (nSPS) is 11.7. The number of benzene rings is 2. The van der Waals surface area contributed by atoms with E-state index in [-0.39, 0.29) is 24.7 Å². The molecule has 2 amide bonds. The fourth-order valence-corrected chi connectivity index (χ4v) is 2.30. The van der Waals surface area contributed by atoms with Crippen molar-refractivity contribution in [3.05, 3.63) is 59.7 Å². The fourth-order valence-electron chi connectivity index (χ4n) is 2.30. The van der Waals surface area contributed by atoms with Crippen molar-refractivity contribution in [2.45, 2.75) is 6.92 Å². The molecule has 0 aliphatic carbocycles. The molecule has 0 aliphatic heterocycles. The lowest BCUT2D eigenvalue weighted by molar-refractivity contribution is -0.862. The van der Waals surface area contributed by atoms with Gasteiger partial charge < -0.3 is 15.5 Å². The minimum absolute atomic E-state index is 0.0100. The number of halogens is 2. The number of hydrogen-bond acceptors (Lipinski definition) is 2. The number of hydrogen-bond donors (Lipinski definition) is 3. The van der Waals surface area contributed by atoms with E-state index in [4.69, 9.17) is 0 Å². The van der Waals surface area contributed by atoms with Crippen molar-refractivity contribution in [3.63, 3.8) is 0 Å². The minimum Gasteiger partial charge on any atom is -0.322 e. The van der Waals surface area contributed by atoms with Gasteiger partial charge in [-0.15, -0.1) is 0 Å². The Morgan fingerprint density at radius 3 is 2.32 bits per heavy atom. The summed E-state index contributed by atoms with van der Waals surface area (Å²) in [6.45, 7) is 1.76. The van der Waals surface area contributed by atoms with E-state index in [0.29, 0.717) is 10.6 Å². The third-order valence-corrected chi connectivity index (χ3v) is 3.43. The molecule has 1 atom stereocenters. The second kappa shape index (κ2) is 8.34. The number of anilines is 2. The van der Waals surface area contributed by atoms with Crippen LogP contribution in [0.1, 0.15) is 5.56 Å². The summed E-state index contributed by atoms with van der Waals surface area (Å²) >= 11 is 0. The van der Waals surface area contributed by atoms with Crippen molar-refractivity contribution in [1.82, 2.24) is 0 Å². The van der Waals surface area contributed by atoms with Gasteiger partial charge in [0.05, 0.1) is 12.7 Å². The Hall–Kier alpha value is -2.80. The van der Waals surface area contributed by atoms with Crippen LogP contribution in [-0.2, 0) is 9.59 Å². The van der Waals surface area contributed by atoms with Crippen LogP contribution in [0, 0.1) is 18.6 Å². The summed E-state index contributed by atoms with van der Waals surface area (Å²) in [6.07, 6.45) is 0. The summed E-state index contributed by atoms with van der Waals surface area (Å²) < 4.78 is 26.8. The largest absolute Gasteiger partial charge is 0.322 e. The van der Waals surface area contributed by atoms with E-state index >= 15 is 0 Å². The quantitative estimate of drug-likeness (QED) is 0.738. The van der Waals surface area contributed by atoms with Crippen LogP contribution in [0.4, 0.5) is 20.2 Å². The molecule has 0 aliphatic rings. The first-order chi connectivity index (χ1) is 11.8. The summed E-state index contributed by atoms with van der Waals surface area (Å²) in [5.74, 6) is -1.70. The van der Waals surface area contributed by atoms with Gasteiger partial charge in [0.1, 0.15) is 11.6 Å². The maximum atomic E-state index is 13.7. The summed E-state index contributed by atoms with van der Waals surface area (Å²) in [7, 11) is 1.66. The molecule has 0 bridgehead atoms. The molecule has 0 aromatic heterocycles. The standard InChI is InChI=1S/C18H19F2N3O2/c1-12-6-7-16(15(20)8-12)22-18(25)11-23(2)10-17(24)21-14-5-3-4-13(19)9-14/h3-9H,10-11H2,1-2H3,(H,21,24)(H,22,25)/p+1. The highest BCUT2D eigenvalue weighted by atomic mass is 19.1. The molecule has 0 spiro atoms. The Kier molecular flexibility index (Phi) is 6.19. The maximum absolute atomic E-state index is 13.7. The van der Waals surface area contributed by atoms with Gasteiger partial charge >= 0.3 is 0 Å². The monoisotopic (exact) mass is 348 g/mol. The van der Waals surface area contributed by atoms with E-state index in [1.54, 1.807) is 26.1 Å². The zero-order chi connectivity index (χ0) is 18.4. The third kappa shape index (κ3) is 5.96. The summed E-state index contributed by atoms with van der Waals surface area (Å²) in [5.41, 5.74) is 1.21. The number of nitrogens with one attached hydrogen (secondary N) is 3. The van der Waals surface area contributed by atoms with Crippen molar-refractivity contribution in [2.24, 2.45) is 0 Å². The van der Waals surface area contributed by atoms with Gasteiger partial charge in [0.25, 0.3) is 11.8 Å². The molecule has 3 N–H and O–H groups in total. The Balaban J connectivity index is 1.83. The van der Waals surface area contributed by atoms with Crippen molar-refractivity contribution < 1.29 is 23.3 Å². The van der Waals surface area contributed by atoms with Crippen LogP contribution in [0.2, 0.25) is 0 Å². The highest BCUT2D eigenvalue weighted by Gasteiger charge is 2.15. The number of quaternary nitrogens is 1. The predicted octanol–water partition coefficient (Wildman–Crippen LogP) is 1.37. The third-order valence-electron chi connectivity index (χ3n) is 3.43. The van der Waals surface area contributed by atoms with Crippen LogP contribution in [0.5, 0.6) is 0 Å². The van der Waals surface area contributed by atoms with Crippen molar-refractivity contribution >= 4 is 23.2 Å². The summed E-state index contributed by atoms with van der Waals surface area (Å²) in [4.78, 5) is 24.5. The lowest BCUT2D eigenvalue weighted by Crippen LogP contribution is -3.11. The number of likely N-dealkylation sites (N-methyl/N-ethyl adjacent to an activating group) is 1. The maximum Gasteiger partial charge on any atom is 0.279 e. The average molecular weight is 348 g/mol. The highest BCUT2D eigenvalue weighted by Crippen LogP contribution is 2.14. The molecule has 0 fully saturated rings. The van der Waals surface area contributed by atoms with E-state index in [1.165, 1.54) is 30.3 Å². The van der Waals surface area contributed by atoms with Gasteiger partial charge in [-0.05, 0) is 42.8 Å². The zero-order valence-corrected chi connectivity index (χ0v) is 14.0. The Morgan fingerprint density at radius 2 is 1.68 bits per heavy atom. The second-order valence-electron chi connectivity index (χ2n) is 5.90. The summed E-state index contributed by atoms with van der Waals surface area (Å²) in [6, 6.07) is 10.1. The average Bonchev–Trinajstić information content (AvgIpc) is 2.49. The fraction of sp³-hybridized carbons (Fsp3) is 0.222. The first kappa shape index (κ1) is 18.5. The zero-order valence-electron chi connectivity index (χ0n) is 14.0. The molecular formula is C18H20F2N3O2+. The van der Waals surface area contributed by atoms with Crippen LogP contribution in [-0.4, -0.2) is 32.0 Å². The first-order valence-electron chi connectivity index (χ1n) is 7.76. The Labute approximate surface area is 144 Å². The number of carbonyl (C=O) groups excluding carboxylic acids is 2. The first-order valence-corrected chi connectivity index (χ1v) is 7.76. The van der Waals surface area contributed by atoms with E-state index in [9.17, 15) is 18.4 Å². The van der Waals surface area contributed by atoms with E-state index in [2.05, 4.69) is 10.6 Å². The molecule has 0 heterocycles. The van der Waals surface area contributed by atoms with Gasteiger partial charge in [-0.3, -0.25) is 9.59 Å². The molecule has 0 saturated carbocycles. The van der Waals surface area contributed by atoms with E-state index < -0.39 is 17.5 Å². The molecule has 2 aromatic carbocycles. The van der Waals surface area contributed by atoms with Crippen LogP contribution in [0.15, 0.2) is 42.5 Å². The number of amides is 2. The van der Waals surface area contributed by atoms with Crippen molar-refractivity contribution in [3.8, 4) is 0 Å². The van der Waals surface area contributed by atoms with E-state index in [1.807, 2.05) is 0 Å². The van der Waals surface area contributed by atoms with Crippen molar-refractivity contribution in [2.75, 3.05) is 30.8 Å². The molecule has 2 rings (SSSR count). The van der Waals surface area contributed by atoms with Crippen molar-refractivity contribution in [1.29, 1.82) is 0 Å². The Bertz CT molecular complexity index is 781. The highest BCUT2D eigenvalue weighted by molar-refractivity contribution is 5.93. The van der Waals surface area contributed by atoms with Crippen LogP contribution in [0.25, 0.3) is 0 Å². The van der Waals surface area contributed by atoms with Gasteiger partial charge in [0.2, 0.25) is 0 Å². The lowest BCUT2D eigenvalue weighted by atomic mass is 10.2. The van der Waals surface area contributed by atoms with Gasteiger partial charge in [-0.2, -0.15) is 0 Å². The molecule has 5 nitrogen and oxygen atoms in total. The topological polar surface area (TPSA) is 62.6 Å². The molecule has 7 heteroatoms. The predicted molar refractivity (Wildman–Crippen MR) is 91.4 cm³/mol. The number of rotatable bonds is 6. The van der Waals surface area contributed by atoms with Gasteiger partial charge in [0, 0.05) is 5.69 Å². The van der Waals surface area contributed by atoms with Crippen LogP contribution < -0.4 is 15.5 Å². The van der Waals surface area contributed by atoms with Gasteiger partial charge in [0.15, 0.2) is 13.1 Å². The number of carbonyl (C=O) groups is 2. The molecule has 1 unspecified atom stereocenters. The smallest absolute Gasteiger partial charge is 0.279 e. The molecule has 0 saturated heterocycles. The minimum atomic E-state index is -0.505. The molecular weight excluding hydrogens is 328 g/mol. The van der Waals surface area contributed by atoms with E-state index in [0.717, 1.165) is 5.56 Å². The molecule has 25 heavy (non-hydrogen) atoms. The molecule has 2 aromatic rings. The summed E-state index contributed by atoms with van der Waals surface area (Å²) in [5, 5.41) is 5.04. The van der Waals surface area contributed by atoms with Gasteiger partial charge in [-0.25, -0.2) is 8.78 Å². The van der Waals surface area contributed by atoms with Crippen LogP contribution >= 0.6 is 0 Å². The number of aryl methyl sites for hydroxylation is 1. The van der Waals surface area contributed by atoms with Crippen LogP contribution in [0.3, 0.4) is 0 Å². The molecule has 0 radical (unpaired) electrons. The molecule has 132 valence electrons. The second-order valence-corrected chi connectivity index (χ2v) is 5.90.